The fraction of sp³-hybridized carbons (Fsp3) is 0.600. The Labute approximate surface area is 115 Å². The fourth-order valence-corrected chi connectivity index (χ4v) is 2.65. The molecule has 1 aromatic rings. The lowest BCUT2D eigenvalue weighted by atomic mass is 9.94. The quantitative estimate of drug-likeness (QED) is 0.906. The largest absolute Gasteiger partial charge is 0.370 e. The van der Waals surface area contributed by atoms with E-state index in [1.807, 2.05) is 31.0 Å². The minimum Gasteiger partial charge on any atom is -0.370 e. The second-order valence-electron chi connectivity index (χ2n) is 5.15. The molecular formula is C15H23N3O. The van der Waals surface area contributed by atoms with Gasteiger partial charge in [0, 0.05) is 19.6 Å². The minimum atomic E-state index is 0.0339. The third kappa shape index (κ3) is 3.46. The Morgan fingerprint density at radius 3 is 2.79 bits per heavy atom. The molecule has 0 radical (unpaired) electrons. The first-order valence-electron chi connectivity index (χ1n) is 7.20. The van der Waals surface area contributed by atoms with Crippen LogP contribution in [0.2, 0.25) is 0 Å². The number of carbonyl (C=O) groups is 1. The van der Waals surface area contributed by atoms with Crippen molar-refractivity contribution < 1.29 is 4.79 Å². The summed E-state index contributed by atoms with van der Waals surface area (Å²) in [6.45, 7) is 2.83. The Bertz CT molecular complexity index is 427. The highest BCUT2D eigenvalue weighted by molar-refractivity contribution is 5.92. The van der Waals surface area contributed by atoms with E-state index in [9.17, 15) is 4.79 Å². The number of aromatic nitrogens is 1. The van der Waals surface area contributed by atoms with Crippen LogP contribution in [-0.4, -0.2) is 35.4 Å². The van der Waals surface area contributed by atoms with Gasteiger partial charge in [0.05, 0.1) is 0 Å². The maximum Gasteiger partial charge on any atom is 0.272 e. The normalized spacial score (nSPS) is 16.1. The van der Waals surface area contributed by atoms with Gasteiger partial charge in [-0.2, -0.15) is 0 Å². The molecule has 2 rings (SSSR count). The summed E-state index contributed by atoms with van der Waals surface area (Å²) in [5.74, 6) is 0.803. The van der Waals surface area contributed by atoms with Gasteiger partial charge in [-0.1, -0.05) is 25.3 Å². The van der Waals surface area contributed by atoms with E-state index >= 15 is 0 Å². The van der Waals surface area contributed by atoms with Crippen LogP contribution in [0.1, 0.15) is 49.5 Å². The van der Waals surface area contributed by atoms with Crippen molar-refractivity contribution in [2.75, 3.05) is 18.9 Å². The lowest BCUT2D eigenvalue weighted by Crippen LogP contribution is -2.38. The molecular weight excluding hydrogens is 238 g/mol. The van der Waals surface area contributed by atoms with E-state index in [2.05, 4.69) is 10.3 Å². The summed E-state index contributed by atoms with van der Waals surface area (Å²) in [5.41, 5.74) is 0.534. The first-order valence-corrected chi connectivity index (χ1v) is 7.20. The molecule has 1 saturated carbocycles. The molecule has 4 heteroatoms. The predicted molar refractivity (Wildman–Crippen MR) is 77.4 cm³/mol. The Kier molecular flexibility index (Phi) is 4.77. The van der Waals surface area contributed by atoms with Crippen LogP contribution in [0.25, 0.3) is 0 Å². The summed E-state index contributed by atoms with van der Waals surface area (Å²) in [4.78, 5) is 18.7. The summed E-state index contributed by atoms with van der Waals surface area (Å²) >= 11 is 0. The molecule has 1 heterocycles. The number of nitrogens with zero attached hydrogens (tertiary/aromatic N) is 2. The predicted octanol–water partition coefficient (Wildman–Crippen LogP) is 2.92. The summed E-state index contributed by atoms with van der Waals surface area (Å²) < 4.78 is 0. The van der Waals surface area contributed by atoms with Crippen molar-refractivity contribution in [3.05, 3.63) is 23.9 Å². The SMILES string of the molecule is CCNc1cccc(C(=O)N(C)C2CCCCC2)n1. The van der Waals surface area contributed by atoms with Crippen molar-refractivity contribution in [2.24, 2.45) is 0 Å². The molecule has 1 fully saturated rings. The Balaban J connectivity index is 2.07. The molecule has 1 N–H and O–H groups in total. The molecule has 0 aromatic carbocycles. The van der Waals surface area contributed by atoms with Gasteiger partial charge in [0.2, 0.25) is 0 Å². The van der Waals surface area contributed by atoms with Crippen LogP contribution in [-0.2, 0) is 0 Å². The van der Waals surface area contributed by atoms with E-state index in [0.29, 0.717) is 11.7 Å². The first-order chi connectivity index (χ1) is 9.22. The topological polar surface area (TPSA) is 45.2 Å². The van der Waals surface area contributed by atoms with Gasteiger partial charge in [0.1, 0.15) is 11.5 Å². The van der Waals surface area contributed by atoms with Crippen LogP contribution < -0.4 is 5.32 Å². The van der Waals surface area contributed by atoms with Crippen LogP contribution in [0.5, 0.6) is 0 Å². The summed E-state index contributed by atoms with van der Waals surface area (Å²) in [7, 11) is 1.90. The van der Waals surface area contributed by atoms with Gasteiger partial charge < -0.3 is 10.2 Å². The lowest BCUT2D eigenvalue weighted by Gasteiger charge is -2.31. The molecule has 0 spiro atoms. The molecule has 1 aromatic heterocycles. The van der Waals surface area contributed by atoms with Gasteiger partial charge in [-0.3, -0.25) is 4.79 Å². The zero-order chi connectivity index (χ0) is 13.7. The van der Waals surface area contributed by atoms with Crippen molar-refractivity contribution in [3.63, 3.8) is 0 Å². The molecule has 104 valence electrons. The molecule has 1 amide bonds. The number of amides is 1. The van der Waals surface area contributed by atoms with Crippen LogP contribution in [0.3, 0.4) is 0 Å². The zero-order valence-electron chi connectivity index (χ0n) is 11.9. The van der Waals surface area contributed by atoms with E-state index in [1.165, 1.54) is 19.3 Å². The smallest absolute Gasteiger partial charge is 0.272 e. The molecule has 0 unspecified atom stereocenters. The van der Waals surface area contributed by atoms with Gasteiger partial charge in [0.15, 0.2) is 0 Å². The van der Waals surface area contributed by atoms with E-state index < -0.39 is 0 Å². The van der Waals surface area contributed by atoms with Crippen LogP contribution in [0.4, 0.5) is 5.82 Å². The minimum absolute atomic E-state index is 0.0339. The molecule has 0 bridgehead atoms. The van der Waals surface area contributed by atoms with E-state index in [0.717, 1.165) is 25.2 Å². The number of carbonyl (C=O) groups excluding carboxylic acids is 1. The van der Waals surface area contributed by atoms with Crippen molar-refractivity contribution in [2.45, 2.75) is 45.1 Å². The average Bonchev–Trinajstić information content (AvgIpc) is 2.47. The molecule has 0 aliphatic heterocycles. The molecule has 1 aliphatic carbocycles. The van der Waals surface area contributed by atoms with Gasteiger partial charge in [0.25, 0.3) is 5.91 Å². The first kappa shape index (κ1) is 13.8. The maximum atomic E-state index is 12.4. The van der Waals surface area contributed by atoms with E-state index in [4.69, 9.17) is 0 Å². The van der Waals surface area contributed by atoms with Crippen molar-refractivity contribution >= 4 is 11.7 Å². The van der Waals surface area contributed by atoms with Crippen LogP contribution in [0, 0.1) is 0 Å². The number of hydrogen-bond donors (Lipinski definition) is 1. The number of nitrogens with one attached hydrogen (secondary N) is 1. The van der Waals surface area contributed by atoms with E-state index in [-0.39, 0.29) is 5.91 Å². The molecule has 19 heavy (non-hydrogen) atoms. The molecule has 1 aliphatic rings. The van der Waals surface area contributed by atoms with Gasteiger partial charge in [-0.05, 0) is 31.9 Å². The van der Waals surface area contributed by atoms with Gasteiger partial charge in [-0.15, -0.1) is 0 Å². The third-order valence-corrected chi connectivity index (χ3v) is 3.77. The maximum absolute atomic E-state index is 12.4. The lowest BCUT2D eigenvalue weighted by molar-refractivity contribution is 0.0690. The van der Waals surface area contributed by atoms with Gasteiger partial charge >= 0.3 is 0 Å². The van der Waals surface area contributed by atoms with Crippen LogP contribution in [0.15, 0.2) is 18.2 Å². The Hall–Kier alpha value is -1.58. The highest BCUT2D eigenvalue weighted by atomic mass is 16.2. The summed E-state index contributed by atoms with van der Waals surface area (Å²) in [6, 6.07) is 5.95. The Morgan fingerprint density at radius 2 is 2.11 bits per heavy atom. The van der Waals surface area contributed by atoms with Gasteiger partial charge in [-0.25, -0.2) is 4.98 Å². The van der Waals surface area contributed by atoms with Crippen molar-refractivity contribution in [1.29, 1.82) is 0 Å². The van der Waals surface area contributed by atoms with Crippen molar-refractivity contribution in [1.82, 2.24) is 9.88 Å². The summed E-state index contributed by atoms with van der Waals surface area (Å²) in [6.07, 6.45) is 6.00. The third-order valence-electron chi connectivity index (χ3n) is 3.77. The summed E-state index contributed by atoms with van der Waals surface area (Å²) in [5, 5.41) is 3.14. The molecule has 4 nitrogen and oxygen atoms in total. The second-order valence-corrected chi connectivity index (χ2v) is 5.15. The number of rotatable bonds is 4. The van der Waals surface area contributed by atoms with Crippen molar-refractivity contribution in [3.8, 4) is 0 Å². The fourth-order valence-electron chi connectivity index (χ4n) is 2.65. The highest BCUT2D eigenvalue weighted by Gasteiger charge is 2.23. The number of hydrogen-bond acceptors (Lipinski definition) is 3. The van der Waals surface area contributed by atoms with Crippen LogP contribution >= 0.6 is 0 Å². The molecule has 0 saturated heterocycles. The monoisotopic (exact) mass is 261 g/mol. The number of pyridine rings is 1. The number of anilines is 1. The average molecular weight is 261 g/mol. The second kappa shape index (κ2) is 6.55. The zero-order valence-corrected chi connectivity index (χ0v) is 11.9. The highest BCUT2D eigenvalue weighted by Crippen LogP contribution is 2.22. The standard InChI is InChI=1S/C15H23N3O/c1-3-16-14-11-7-10-13(17-14)15(19)18(2)12-8-5-4-6-9-12/h7,10-12H,3-6,8-9H2,1-2H3,(H,16,17). The van der Waals surface area contributed by atoms with E-state index in [1.54, 1.807) is 6.07 Å². The molecule has 0 atom stereocenters. The Morgan fingerprint density at radius 1 is 1.37 bits per heavy atom.